The molecule has 2 aromatic carbocycles. The summed E-state index contributed by atoms with van der Waals surface area (Å²) in [5.41, 5.74) is 1.93. The Hall–Kier alpha value is -1.49. The second kappa shape index (κ2) is 8.56. The lowest BCUT2D eigenvalue weighted by molar-refractivity contribution is 0.284. The molecular weight excluding hydrogens is 352 g/mol. The van der Waals surface area contributed by atoms with Gasteiger partial charge >= 0.3 is 0 Å². The van der Waals surface area contributed by atoms with Crippen LogP contribution in [0.3, 0.4) is 0 Å². The van der Waals surface area contributed by atoms with Crippen molar-refractivity contribution in [3.63, 3.8) is 0 Å². The van der Waals surface area contributed by atoms with Gasteiger partial charge in [-0.2, -0.15) is 0 Å². The summed E-state index contributed by atoms with van der Waals surface area (Å²) in [5, 5.41) is 3.96. The van der Waals surface area contributed by atoms with E-state index in [4.69, 9.17) is 21.1 Å². The number of methoxy groups -OCH3 is 1. The minimum atomic E-state index is -0.267. The molecular formula is C18H20Cl2FNO2. The quantitative estimate of drug-likeness (QED) is 0.762. The summed E-state index contributed by atoms with van der Waals surface area (Å²) in [4.78, 5) is 0. The highest BCUT2D eigenvalue weighted by Gasteiger charge is 2.20. The fraction of sp³-hybridized carbons (Fsp3) is 0.333. The van der Waals surface area contributed by atoms with Gasteiger partial charge in [-0.1, -0.05) is 23.7 Å². The summed E-state index contributed by atoms with van der Waals surface area (Å²) in [6.07, 6.45) is 2.48. The van der Waals surface area contributed by atoms with Crippen LogP contribution in [0.25, 0.3) is 0 Å². The second-order valence-electron chi connectivity index (χ2n) is 5.68. The fourth-order valence-corrected chi connectivity index (χ4v) is 2.59. The van der Waals surface area contributed by atoms with Crippen LogP contribution in [-0.2, 0) is 13.2 Å². The highest BCUT2D eigenvalue weighted by Crippen LogP contribution is 2.37. The van der Waals surface area contributed by atoms with Crippen LogP contribution in [0.15, 0.2) is 36.4 Å². The van der Waals surface area contributed by atoms with Gasteiger partial charge in [-0.15, -0.1) is 12.4 Å². The molecule has 1 aliphatic rings. The van der Waals surface area contributed by atoms with Gasteiger partial charge in [-0.3, -0.25) is 0 Å². The number of nitrogens with one attached hydrogen (secondary N) is 1. The molecule has 0 radical (unpaired) electrons. The summed E-state index contributed by atoms with van der Waals surface area (Å²) in [5.74, 6) is 0.845. The summed E-state index contributed by atoms with van der Waals surface area (Å²) in [6, 6.07) is 10.6. The number of rotatable bonds is 7. The molecule has 0 aromatic heterocycles. The van der Waals surface area contributed by atoms with Crippen molar-refractivity contribution in [1.82, 2.24) is 5.32 Å². The van der Waals surface area contributed by atoms with Crippen LogP contribution in [0.2, 0.25) is 5.02 Å². The van der Waals surface area contributed by atoms with Crippen molar-refractivity contribution in [3.8, 4) is 11.5 Å². The number of halogens is 3. The zero-order valence-corrected chi connectivity index (χ0v) is 14.9. The first-order valence-electron chi connectivity index (χ1n) is 7.63. The Balaban J connectivity index is 0.00000208. The van der Waals surface area contributed by atoms with Gasteiger partial charge in [0.1, 0.15) is 12.4 Å². The molecule has 1 N–H and O–H groups in total. The van der Waals surface area contributed by atoms with Gasteiger partial charge in [0.25, 0.3) is 0 Å². The second-order valence-corrected chi connectivity index (χ2v) is 6.09. The Morgan fingerprint density at radius 1 is 1.17 bits per heavy atom. The number of hydrogen-bond donors (Lipinski definition) is 1. The fourth-order valence-electron chi connectivity index (χ4n) is 2.30. The lowest BCUT2D eigenvalue weighted by Crippen LogP contribution is -2.15. The van der Waals surface area contributed by atoms with Crippen molar-refractivity contribution in [2.75, 3.05) is 7.11 Å². The molecule has 24 heavy (non-hydrogen) atoms. The molecule has 6 heteroatoms. The zero-order chi connectivity index (χ0) is 16.2. The molecule has 0 heterocycles. The zero-order valence-electron chi connectivity index (χ0n) is 13.4. The average molecular weight is 372 g/mol. The molecule has 0 amide bonds. The first kappa shape index (κ1) is 18.8. The van der Waals surface area contributed by atoms with Crippen LogP contribution < -0.4 is 14.8 Å². The number of benzene rings is 2. The van der Waals surface area contributed by atoms with Crippen molar-refractivity contribution < 1.29 is 13.9 Å². The summed E-state index contributed by atoms with van der Waals surface area (Å²) >= 11 is 6.34. The van der Waals surface area contributed by atoms with Crippen LogP contribution in [0.1, 0.15) is 24.0 Å². The van der Waals surface area contributed by atoms with Gasteiger partial charge in [0, 0.05) is 12.6 Å². The minimum Gasteiger partial charge on any atom is -0.493 e. The molecule has 3 nitrogen and oxygen atoms in total. The minimum absolute atomic E-state index is 0. The van der Waals surface area contributed by atoms with Gasteiger partial charge in [0.2, 0.25) is 0 Å². The maximum Gasteiger partial charge on any atom is 0.180 e. The molecule has 0 unspecified atom stereocenters. The van der Waals surface area contributed by atoms with E-state index in [1.807, 2.05) is 12.1 Å². The maximum atomic E-state index is 12.9. The van der Waals surface area contributed by atoms with Crippen LogP contribution in [0, 0.1) is 5.82 Å². The predicted molar refractivity (Wildman–Crippen MR) is 95.8 cm³/mol. The van der Waals surface area contributed by atoms with E-state index in [2.05, 4.69) is 5.32 Å². The molecule has 0 spiro atoms. The van der Waals surface area contributed by atoms with Crippen molar-refractivity contribution in [2.45, 2.75) is 32.0 Å². The predicted octanol–water partition coefficient (Wildman–Crippen LogP) is 4.74. The molecule has 0 aliphatic heterocycles. The van der Waals surface area contributed by atoms with Crippen LogP contribution >= 0.6 is 24.0 Å². The third-order valence-corrected chi connectivity index (χ3v) is 4.04. The molecule has 0 atom stereocenters. The van der Waals surface area contributed by atoms with Crippen LogP contribution in [-0.4, -0.2) is 13.2 Å². The Kier molecular flexibility index (Phi) is 6.72. The van der Waals surface area contributed by atoms with E-state index in [0.717, 1.165) is 17.7 Å². The third-order valence-electron chi connectivity index (χ3n) is 3.76. The standard InChI is InChI=1S/C18H19ClFNO2.ClH/c1-22-17-9-13(10-21-15-6-7-15)8-16(19)18(17)23-11-12-2-4-14(20)5-3-12;/h2-5,8-9,15,21H,6-7,10-11H2,1H3;1H. The van der Waals surface area contributed by atoms with E-state index in [1.165, 1.54) is 25.0 Å². The van der Waals surface area contributed by atoms with Crippen molar-refractivity contribution in [3.05, 3.63) is 58.4 Å². The van der Waals surface area contributed by atoms with Gasteiger partial charge < -0.3 is 14.8 Å². The van der Waals surface area contributed by atoms with Gasteiger partial charge in [-0.05, 0) is 48.2 Å². The number of ether oxygens (including phenoxy) is 2. The molecule has 1 aliphatic carbocycles. The highest BCUT2D eigenvalue weighted by atomic mass is 35.5. The first-order chi connectivity index (χ1) is 11.2. The molecule has 0 saturated heterocycles. The van der Waals surface area contributed by atoms with Crippen molar-refractivity contribution in [1.29, 1.82) is 0 Å². The topological polar surface area (TPSA) is 30.5 Å². The summed E-state index contributed by atoms with van der Waals surface area (Å²) in [7, 11) is 1.59. The maximum absolute atomic E-state index is 12.9. The molecule has 0 bridgehead atoms. The monoisotopic (exact) mass is 371 g/mol. The van der Waals surface area contributed by atoms with E-state index in [9.17, 15) is 4.39 Å². The number of hydrogen-bond acceptors (Lipinski definition) is 3. The van der Waals surface area contributed by atoms with Gasteiger partial charge in [0.15, 0.2) is 11.5 Å². The van der Waals surface area contributed by atoms with Gasteiger partial charge in [0.05, 0.1) is 12.1 Å². The van der Waals surface area contributed by atoms with E-state index in [-0.39, 0.29) is 18.2 Å². The normalized spacial score (nSPS) is 13.3. The largest absolute Gasteiger partial charge is 0.493 e. The summed E-state index contributed by atoms with van der Waals surface area (Å²) in [6.45, 7) is 1.06. The highest BCUT2D eigenvalue weighted by molar-refractivity contribution is 6.32. The lowest BCUT2D eigenvalue weighted by Gasteiger charge is -2.14. The Labute approximate surface area is 152 Å². The van der Waals surface area contributed by atoms with Crippen molar-refractivity contribution in [2.24, 2.45) is 0 Å². The SMILES string of the molecule is COc1cc(CNC2CC2)cc(Cl)c1OCc1ccc(F)cc1.Cl. The Bertz CT molecular complexity index is 675. The molecule has 130 valence electrons. The smallest absolute Gasteiger partial charge is 0.180 e. The Morgan fingerprint density at radius 3 is 2.50 bits per heavy atom. The van der Waals surface area contributed by atoms with Gasteiger partial charge in [-0.25, -0.2) is 4.39 Å². The van der Waals surface area contributed by atoms with Crippen LogP contribution in [0.5, 0.6) is 11.5 Å². The molecule has 1 fully saturated rings. The Morgan fingerprint density at radius 2 is 1.88 bits per heavy atom. The van der Waals surface area contributed by atoms with E-state index < -0.39 is 0 Å². The lowest BCUT2D eigenvalue weighted by atomic mass is 10.2. The molecule has 3 rings (SSSR count). The van der Waals surface area contributed by atoms with Crippen LogP contribution in [0.4, 0.5) is 4.39 Å². The van der Waals surface area contributed by atoms with E-state index in [1.54, 1.807) is 19.2 Å². The third kappa shape index (κ3) is 5.00. The molecule has 2 aromatic rings. The van der Waals surface area contributed by atoms with Crippen molar-refractivity contribution >= 4 is 24.0 Å². The average Bonchev–Trinajstić information content (AvgIpc) is 3.37. The molecule has 1 saturated carbocycles. The van der Waals surface area contributed by atoms with E-state index >= 15 is 0 Å². The summed E-state index contributed by atoms with van der Waals surface area (Å²) < 4.78 is 24.1. The van der Waals surface area contributed by atoms with E-state index in [0.29, 0.717) is 29.2 Å². The first-order valence-corrected chi connectivity index (χ1v) is 8.00.